The first-order valence-corrected chi connectivity index (χ1v) is 11.8. The van der Waals surface area contributed by atoms with E-state index in [1.165, 1.54) is 12.2 Å². The van der Waals surface area contributed by atoms with Gasteiger partial charge in [0, 0.05) is 10.8 Å². The van der Waals surface area contributed by atoms with Gasteiger partial charge in [-0.2, -0.15) is 0 Å². The number of carbonyl (C=O) groups is 2. The third kappa shape index (κ3) is 3.62. The number of carbonyl (C=O) groups excluding carboxylic acids is 2. The van der Waals surface area contributed by atoms with Crippen LogP contribution in [0.25, 0.3) is 0 Å². The second-order valence-electron chi connectivity index (χ2n) is 11.9. The first-order valence-electron chi connectivity index (χ1n) is 11.8. The number of alkyl halides is 1. The molecule has 3 rings (SSSR count). The number of esters is 1. The lowest BCUT2D eigenvalue weighted by Gasteiger charge is -2.58. The smallest absolute Gasteiger partial charge is 0.311 e. The van der Waals surface area contributed by atoms with Crippen molar-refractivity contribution in [3.8, 4) is 0 Å². The quantitative estimate of drug-likeness (QED) is 0.434. The molecule has 0 aliphatic heterocycles. The fourth-order valence-corrected chi connectivity index (χ4v) is 6.74. The molecule has 33 heavy (non-hydrogen) atoms. The van der Waals surface area contributed by atoms with Crippen molar-refractivity contribution >= 4 is 11.8 Å². The summed E-state index contributed by atoms with van der Waals surface area (Å²) in [6.07, 6.45) is 4.25. The molecule has 3 N–H and O–H groups in total. The molecule has 7 heteroatoms. The van der Waals surface area contributed by atoms with Crippen LogP contribution >= 0.6 is 0 Å². The Morgan fingerprint density at radius 2 is 1.67 bits per heavy atom. The van der Waals surface area contributed by atoms with Gasteiger partial charge in [0.05, 0.1) is 17.6 Å². The van der Waals surface area contributed by atoms with E-state index in [0.717, 1.165) is 0 Å². The van der Waals surface area contributed by atoms with E-state index < -0.39 is 75.8 Å². The van der Waals surface area contributed by atoms with Gasteiger partial charge >= 0.3 is 5.97 Å². The summed E-state index contributed by atoms with van der Waals surface area (Å²) in [6, 6.07) is 0. The molecule has 7 atom stereocenters. The molecule has 0 aromatic heterocycles. The van der Waals surface area contributed by atoms with Crippen molar-refractivity contribution in [2.45, 2.75) is 84.8 Å². The molecule has 0 bridgehead atoms. The number of halogens is 1. The Morgan fingerprint density at radius 1 is 1.12 bits per heavy atom. The van der Waals surface area contributed by atoms with Crippen LogP contribution in [0.3, 0.4) is 0 Å². The third-order valence-corrected chi connectivity index (χ3v) is 8.85. The zero-order chi connectivity index (χ0) is 25.2. The zero-order valence-electron chi connectivity index (χ0n) is 20.8. The maximum absolute atomic E-state index is 16.9. The van der Waals surface area contributed by atoms with Crippen LogP contribution in [0.4, 0.5) is 4.39 Å². The predicted molar refractivity (Wildman–Crippen MR) is 122 cm³/mol. The maximum Gasteiger partial charge on any atom is 0.311 e. The van der Waals surface area contributed by atoms with E-state index in [0.29, 0.717) is 6.42 Å². The standard InChI is InChI=1S/C26H39FO6/c1-15-12-18-16(2)25(27,23(6)10-8-17(28)9-11-23)19(29)13-24(18,7)26(15,32)20(30)14-33-21(31)22(3,4)5/h8-11,15-19,28-29,32H,12-14H2,1-7H3. The van der Waals surface area contributed by atoms with Gasteiger partial charge in [0.15, 0.2) is 12.3 Å². The molecule has 0 amide bonds. The van der Waals surface area contributed by atoms with Crippen LogP contribution in [0.15, 0.2) is 24.3 Å². The van der Waals surface area contributed by atoms with E-state index >= 15 is 4.39 Å². The van der Waals surface area contributed by atoms with Crippen LogP contribution in [0.5, 0.6) is 0 Å². The molecule has 3 aliphatic carbocycles. The van der Waals surface area contributed by atoms with Crippen molar-refractivity contribution < 1.29 is 34.0 Å². The lowest BCUT2D eigenvalue weighted by molar-refractivity contribution is -0.209. The zero-order valence-corrected chi connectivity index (χ0v) is 20.8. The van der Waals surface area contributed by atoms with E-state index in [-0.39, 0.29) is 6.42 Å². The number of rotatable bonds is 4. The summed E-state index contributed by atoms with van der Waals surface area (Å²) in [7, 11) is 0. The first-order chi connectivity index (χ1) is 14.9. The number of hydrogen-bond donors (Lipinski definition) is 3. The Balaban J connectivity index is 1.94. The molecule has 0 heterocycles. The third-order valence-electron chi connectivity index (χ3n) is 8.85. The number of fused-ring (bicyclic) bond motifs is 1. The fraction of sp³-hybridized carbons (Fsp3) is 0.769. The summed E-state index contributed by atoms with van der Waals surface area (Å²) < 4.78 is 22.1. The topological polar surface area (TPSA) is 104 Å². The van der Waals surface area contributed by atoms with Gasteiger partial charge < -0.3 is 20.1 Å². The second kappa shape index (κ2) is 7.99. The average Bonchev–Trinajstić information content (AvgIpc) is 2.93. The van der Waals surface area contributed by atoms with Crippen molar-refractivity contribution in [1.29, 1.82) is 0 Å². The Labute approximate surface area is 195 Å². The molecule has 3 aliphatic rings. The molecule has 2 fully saturated rings. The van der Waals surface area contributed by atoms with Crippen LogP contribution in [-0.2, 0) is 14.3 Å². The Hall–Kier alpha value is -1.57. The summed E-state index contributed by atoms with van der Waals surface area (Å²) in [5.41, 5.74) is -6.95. The fourth-order valence-electron chi connectivity index (χ4n) is 6.74. The van der Waals surface area contributed by atoms with Crippen molar-refractivity contribution in [3.63, 3.8) is 0 Å². The minimum atomic E-state index is -2.06. The highest BCUT2D eigenvalue weighted by molar-refractivity contribution is 5.91. The summed E-state index contributed by atoms with van der Waals surface area (Å²) in [5, 5.41) is 32.8. The molecule has 7 unspecified atom stereocenters. The number of ether oxygens (including phenoxy) is 1. The molecule has 2 saturated carbocycles. The van der Waals surface area contributed by atoms with Gasteiger partial charge in [0.1, 0.15) is 5.60 Å². The lowest BCUT2D eigenvalue weighted by atomic mass is 9.49. The van der Waals surface area contributed by atoms with E-state index in [1.807, 2.05) is 0 Å². The van der Waals surface area contributed by atoms with Gasteiger partial charge in [-0.3, -0.25) is 9.59 Å². The van der Waals surface area contributed by atoms with Gasteiger partial charge in [-0.05, 0) is 58.3 Å². The van der Waals surface area contributed by atoms with Crippen molar-refractivity contribution in [3.05, 3.63) is 24.3 Å². The number of aliphatic hydroxyl groups excluding tert-OH is 2. The minimum absolute atomic E-state index is 0.113. The Morgan fingerprint density at radius 3 is 2.18 bits per heavy atom. The molecule has 0 saturated heterocycles. The normalized spacial score (nSPS) is 47.3. The molecule has 0 spiro atoms. The van der Waals surface area contributed by atoms with Crippen molar-refractivity contribution in [2.75, 3.05) is 6.61 Å². The van der Waals surface area contributed by atoms with Crippen molar-refractivity contribution in [1.82, 2.24) is 0 Å². The molecule has 6 nitrogen and oxygen atoms in total. The van der Waals surface area contributed by atoms with Gasteiger partial charge in [-0.15, -0.1) is 0 Å². The van der Waals surface area contributed by atoms with Gasteiger partial charge in [-0.1, -0.05) is 45.1 Å². The maximum atomic E-state index is 16.9. The summed E-state index contributed by atoms with van der Waals surface area (Å²) in [5.74, 6) is -2.74. The number of ketones is 1. The van der Waals surface area contributed by atoms with Crippen LogP contribution < -0.4 is 0 Å². The van der Waals surface area contributed by atoms with Crippen LogP contribution in [0.2, 0.25) is 0 Å². The minimum Gasteiger partial charge on any atom is -0.457 e. The number of aliphatic hydroxyl groups is 3. The average molecular weight is 467 g/mol. The second-order valence-corrected chi connectivity index (χ2v) is 11.9. The Bertz CT molecular complexity index is 860. The molecule has 0 radical (unpaired) electrons. The SMILES string of the molecule is CC1CC2C(C)C(F)(C3(C)C=CC(O)C=C3)C(O)CC2(C)C1(O)C(=O)COC(=O)C(C)(C)C. The summed E-state index contributed by atoms with van der Waals surface area (Å²) in [6.45, 7) is 11.4. The Kier molecular flexibility index (Phi) is 6.31. The van der Waals surface area contributed by atoms with E-state index in [4.69, 9.17) is 4.74 Å². The highest BCUT2D eigenvalue weighted by Gasteiger charge is 2.73. The van der Waals surface area contributed by atoms with E-state index in [1.54, 1.807) is 60.6 Å². The number of allylic oxidation sites excluding steroid dienone is 2. The van der Waals surface area contributed by atoms with Gasteiger partial charge in [-0.25, -0.2) is 4.39 Å². The molecule has 186 valence electrons. The van der Waals surface area contributed by atoms with E-state index in [2.05, 4.69) is 0 Å². The summed E-state index contributed by atoms with van der Waals surface area (Å²) >= 11 is 0. The van der Waals surface area contributed by atoms with E-state index in [9.17, 15) is 24.9 Å². The summed E-state index contributed by atoms with van der Waals surface area (Å²) in [4.78, 5) is 25.5. The van der Waals surface area contributed by atoms with Crippen LogP contribution in [0.1, 0.15) is 61.3 Å². The van der Waals surface area contributed by atoms with Crippen LogP contribution in [0, 0.1) is 34.0 Å². The number of hydrogen-bond acceptors (Lipinski definition) is 6. The largest absolute Gasteiger partial charge is 0.457 e. The first kappa shape index (κ1) is 26.0. The van der Waals surface area contributed by atoms with Crippen LogP contribution in [-0.4, -0.2) is 57.2 Å². The highest BCUT2D eigenvalue weighted by Crippen LogP contribution is 2.67. The molecule has 0 aromatic carbocycles. The van der Waals surface area contributed by atoms with Gasteiger partial charge in [0.25, 0.3) is 0 Å². The lowest BCUT2D eigenvalue weighted by Crippen LogP contribution is -2.67. The molecular weight excluding hydrogens is 427 g/mol. The predicted octanol–water partition coefficient (Wildman–Crippen LogP) is 3.14. The monoisotopic (exact) mass is 466 g/mol. The molecular formula is C26H39FO6. The highest BCUT2D eigenvalue weighted by atomic mass is 19.1. The van der Waals surface area contributed by atoms with Crippen molar-refractivity contribution in [2.24, 2.45) is 34.0 Å². The molecule has 0 aromatic rings. The number of Topliss-reactive ketones (excluding diaryl/α,β-unsaturated/α-hetero) is 1. The van der Waals surface area contributed by atoms with Gasteiger partial charge in [0.2, 0.25) is 5.78 Å².